The van der Waals surface area contributed by atoms with Crippen molar-refractivity contribution in [1.82, 2.24) is 30.0 Å². The number of nitrogens with one attached hydrogen (secondary N) is 1. The molecule has 1 aliphatic heterocycles. The van der Waals surface area contributed by atoms with Crippen LogP contribution in [0, 0.1) is 0 Å². The van der Waals surface area contributed by atoms with Crippen molar-refractivity contribution in [1.29, 1.82) is 0 Å². The SMILES string of the molecule is O=C(c1ccc2ncc(-c3ccc4[nH]ncc4n3)nc2c1)N1CCC(F)(F)CC1. The van der Waals surface area contributed by atoms with Gasteiger partial charge in [-0.05, 0) is 30.3 Å². The lowest BCUT2D eigenvalue weighted by molar-refractivity contribution is -0.0494. The highest BCUT2D eigenvalue weighted by Crippen LogP contribution is 2.28. The molecule has 1 fully saturated rings. The van der Waals surface area contributed by atoms with E-state index in [0.717, 1.165) is 11.0 Å². The molecule has 3 aromatic heterocycles. The Morgan fingerprint density at radius 2 is 1.76 bits per heavy atom. The van der Waals surface area contributed by atoms with E-state index in [9.17, 15) is 13.6 Å². The van der Waals surface area contributed by atoms with Gasteiger partial charge in [-0.2, -0.15) is 5.10 Å². The third-order valence-electron chi connectivity index (χ3n) is 5.13. The van der Waals surface area contributed by atoms with Gasteiger partial charge in [-0.15, -0.1) is 0 Å². The maximum Gasteiger partial charge on any atom is 0.253 e. The zero-order valence-electron chi connectivity index (χ0n) is 15.3. The van der Waals surface area contributed by atoms with E-state index < -0.39 is 5.92 Å². The molecule has 0 aliphatic carbocycles. The van der Waals surface area contributed by atoms with Crippen LogP contribution in [0.2, 0.25) is 0 Å². The highest BCUT2D eigenvalue weighted by molar-refractivity contribution is 5.97. The summed E-state index contributed by atoms with van der Waals surface area (Å²) in [6.07, 6.45) is 2.65. The second kappa shape index (κ2) is 6.54. The Morgan fingerprint density at radius 1 is 0.966 bits per heavy atom. The number of fused-ring (bicyclic) bond motifs is 2. The molecular formula is C20H16F2N6O. The van der Waals surface area contributed by atoms with Gasteiger partial charge in [0, 0.05) is 31.5 Å². The molecule has 146 valence electrons. The van der Waals surface area contributed by atoms with Crippen LogP contribution in [-0.2, 0) is 0 Å². The zero-order valence-corrected chi connectivity index (χ0v) is 15.3. The molecular weight excluding hydrogens is 378 g/mol. The number of alkyl halides is 2. The van der Waals surface area contributed by atoms with E-state index in [2.05, 4.69) is 25.1 Å². The molecule has 1 saturated heterocycles. The number of benzene rings is 1. The Balaban J connectivity index is 1.47. The fourth-order valence-electron chi connectivity index (χ4n) is 3.46. The summed E-state index contributed by atoms with van der Waals surface area (Å²) in [7, 11) is 0. The Bertz CT molecular complexity index is 1230. The van der Waals surface area contributed by atoms with Crippen molar-refractivity contribution in [3.8, 4) is 11.4 Å². The smallest absolute Gasteiger partial charge is 0.253 e. The van der Waals surface area contributed by atoms with E-state index in [1.54, 1.807) is 30.6 Å². The molecule has 1 aliphatic rings. The first-order valence-electron chi connectivity index (χ1n) is 9.23. The number of H-pyrrole nitrogens is 1. The first-order chi connectivity index (χ1) is 14.0. The quantitative estimate of drug-likeness (QED) is 0.563. The first kappa shape index (κ1) is 17.6. The number of aromatic amines is 1. The molecule has 1 aromatic carbocycles. The van der Waals surface area contributed by atoms with Crippen molar-refractivity contribution in [2.45, 2.75) is 18.8 Å². The van der Waals surface area contributed by atoms with E-state index in [1.165, 1.54) is 4.90 Å². The number of aromatic nitrogens is 5. The Labute approximate surface area is 163 Å². The van der Waals surface area contributed by atoms with Crippen LogP contribution in [0.4, 0.5) is 8.78 Å². The van der Waals surface area contributed by atoms with Gasteiger partial charge in [0.2, 0.25) is 0 Å². The van der Waals surface area contributed by atoms with Crippen LogP contribution < -0.4 is 0 Å². The molecule has 4 aromatic rings. The highest BCUT2D eigenvalue weighted by atomic mass is 19.3. The summed E-state index contributed by atoms with van der Waals surface area (Å²) in [5, 5.41) is 6.80. The van der Waals surface area contributed by atoms with Crippen LogP contribution in [0.15, 0.2) is 42.7 Å². The second-order valence-electron chi connectivity index (χ2n) is 7.11. The molecule has 29 heavy (non-hydrogen) atoms. The van der Waals surface area contributed by atoms with Gasteiger partial charge < -0.3 is 4.90 Å². The lowest BCUT2D eigenvalue weighted by atomic mass is 10.1. The standard InChI is InChI=1S/C20H16F2N6O/c21-20(22)5-7-28(8-6-20)19(29)12-1-2-13-16(9-12)26-17(10-23-13)14-3-4-15-18(25-14)11-24-27-15/h1-4,9-11H,5-8H2,(H,24,27). The van der Waals surface area contributed by atoms with Crippen LogP contribution in [-0.4, -0.2) is 55.0 Å². The number of hydrogen-bond acceptors (Lipinski definition) is 5. The Hall–Kier alpha value is -3.49. The highest BCUT2D eigenvalue weighted by Gasteiger charge is 2.35. The summed E-state index contributed by atoms with van der Waals surface area (Å²) in [5.41, 5.74) is 4.35. The van der Waals surface area contributed by atoms with E-state index in [4.69, 9.17) is 0 Å². The van der Waals surface area contributed by atoms with E-state index >= 15 is 0 Å². The van der Waals surface area contributed by atoms with Gasteiger partial charge in [0.05, 0.1) is 34.6 Å². The van der Waals surface area contributed by atoms with Crippen molar-refractivity contribution < 1.29 is 13.6 Å². The number of nitrogens with zero attached hydrogens (tertiary/aromatic N) is 5. The maximum atomic E-state index is 13.4. The fourth-order valence-corrected chi connectivity index (χ4v) is 3.46. The second-order valence-corrected chi connectivity index (χ2v) is 7.11. The van der Waals surface area contributed by atoms with Crippen molar-refractivity contribution in [3.05, 3.63) is 48.3 Å². The van der Waals surface area contributed by atoms with Crippen molar-refractivity contribution >= 4 is 28.0 Å². The van der Waals surface area contributed by atoms with Gasteiger partial charge >= 0.3 is 0 Å². The molecule has 0 spiro atoms. The van der Waals surface area contributed by atoms with Gasteiger partial charge in [0.25, 0.3) is 11.8 Å². The van der Waals surface area contributed by atoms with Crippen LogP contribution in [0.25, 0.3) is 33.5 Å². The summed E-state index contributed by atoms with van der Waals surface area (Å²) in [6.45, 7) is 0.0917. The monoisotopic (exact) mass is 394 g/mol. The van der Waals surface area contributed by atoms with E-state index in [1.807, 2.05) is 12.1 Å². The molecule has 0 radical (unpaired) electrons. The largest absolute Gasteiger partial charge is 0.338 e. The van der Waals surface area contributed by atoms with Gasteiger partial charge in [-0.1, -0.05) is 0 Å². The minimum Gasteiger partial charge on any atom is -0.338 e. The van der Waals surface area contributed by atoms with E-state index in [-0.39, 0.29) is 31.8 Å². The number of halogens is 2. The summed E-state index contributed by atoms with van der Waals surface area (Å²) < 4.78 is 26.7. The summed E-state index contributed by atoms with van der Waals surface area (Å²) in [4.78, 5) is 27.7. The zero-order chi connectivity index (χ0) is 20.0. The number of amides is 1. The summed E-state index contributed by atoms with van der Waals surface area (Å²) >= 11 is 0. The fraction of sp³-hybridized carbons (Fsp3) is 0.250. The lowest BCUT2D eigenvalue weighted by Gasteiger charge is -2.31. The van der Waals surface area contributed by atoms with Gasteiger partial charge in [0.15, 0.2) is 0 Å². The first-order valence-corrected chi connectivity index (χ1v) is 9.23. The number of likely N-dealkylation sites (tertiary alicyclic amines) is 1. The molecule has 0 bridgehead atoms. The molecule has 1 amide bonds. The average Bonchev–Trinajstić information content (AvgIpc) is 3.20. The van der Waals surface area contributed by atoms with Crippen LogP contribution >= 0.6 is 0 Å². The minimum atomic E-state index is -2.69. The number of piperidine rings is 1. The van der Waals surface area contributed by atoms with Crippen LogP contribution in [0.5, 0.6) is 0 Å². The molecule has 4 heterocycles. The predicted octanol–water partition coefficient (Wildman–Crippen LogP) is 3.44. The number of hydrogen-bond donors (Lipinski definition) is 1. The Kier molecular flexibility index (Phi) is 3.97. The van der Waals surface area contributed by atoms with Crippen LogP contribution in [0.3, 0.4) is 0 Å². The molecule has 0 unspecified atom stereocenters. The number of carbonyl (C=O) groups excluding carboxylic acids is 1. The summed E-state index contributed by atoms with van der Waals surface area (Å²) in [5.74, 6) is -2.96. The minimum absolute atomic E-state index is 0.0459. The molecule has 7 nitrogen and oxygen atoms in total. The molecule has 0 saturated carbocycles. The maximum absolute atomic E-state index is 13.4. The number of carbonyl (C=O) groups is 1. The molecule has 9 heteroatoms. The average molecular weight is 394 g/mol. The molecule has 0 atom stereocenters. The predicted molar refractivity (Wildman–Crippen MR) is 103 cm³/mol. The number of pyridine rings is 1. The van der Waals surface area contributed by atoms with Crippen molar-refractivity contribution in [3.63, 3.8) is 0 Å². The third-order valence-corrected chi connectivity index (χ3v) is 5.13. The van der Waals surface area contributed by atoms with Crippen molar-refractivity contribution in [2.24, 2.45) is 0 Å². The van der Waals surface area contributed by atoms with E-state index in [0.29, 0.717) is 28.0 Å². The molecule has 5 rings (SSSR count). The lowest BCUT2D eigenvalue weighted by Crippen LogP contribution is -2.42. The van der Waals surface area contributed by atoms with Crippen molar-refractivity contribution in [2.75, 3.05) is 13.1 Å². The van der Waals surface area contributed by atoms with Gasteiger partial charge in [-0.3, -0.25) is 14.9 Å². The third kappa shape index (κ3) is 3.28. The number of rotatable bonds is 2. The van der Waals surface area contributed by atoms with Crippen LogP contribution in [0.1, 0.15) is 23.2 Å². The topological polar surface area (TPSA) is 87.7 Å². The molecule has 1 N–H and O–H groups in total. The normalized spacial score (nSPS) is 16.4. The van der Waals surface area contributed by atoms with Gasteiger partial charge in [0.1, 0.15) is 11.2 Å². The Morgan fingerprint density at radius 3 is 2.59 bits per heavy atom. The summed E-state index contributed by atoms with van der Waals surface area (Å²) in [6, 6.07) is 8.70. The van der Waals surface area contributed by atoms with Gasteiger partial charge in [-0.25, -0.2) is 18.7 Å².